The number of carbonyl (C=O) groups is 1. The van der Waals surface area contributed by atoms with Gasteiger partial charge in [-0.05, 0) is 28.5 Å². The minimum atomic E-state index is -1.05. The minimum absolute atomic E-state index is 0.164. The van der Waals surface area contributed by atoms with Crippen molar-refractivity contribution in [3.05, 3.63) is 94.3 Å². The van der Waals surface area contributed by atoms with Crippen LogP contribution in [0.15, 0.2) is 77.6 Å². The molecule has 4 aromatic rings. The fraction of sp³-hybridized carbons (Fsp3) is 0.0833. The monoisotopic (exact) mass is 407 g/mol. The van der Waals surface area contributed by atoms with E-state index < -0.39 is 23.3 Å². The molecule has 0 unspecified atom stereocenters. The van der Waals surface area contributed by atoms with Gasteiger partial charge in [0.2, 0.25) is 11.9 Å². The highest BCUT2D eigenvalue weighted by molar-refractivity contribution is 5.99. The molecule has 0 fully saturated rings. The maximum atomic E-state index is 13.2. The van der Waals surface area contributed by atoms with Crippen molar-refractivity contribution in [1.29, 1.82) is 5.26 Å². The standard InChI is InChI=1S/C24H17N5O2/c25-13-18-19(17-12-6-8-14-7-4-5-11-16(14)17)20-21(27-22(18)30)28-24(29-23(20)31)26-15-9-2-1-3-10-15/h1-12,18-19H,(H3,26,27,28,29,30,31)/t18-,19+/m1/s1. The van der Waals surface area contributed by atoms with Crippen LogP contribution >= 0.6 is 0 Å². The Morgan fingerprint density at radius 3 is 2.48 bits per heavy atom. The number of H-pyrrole nitrogens is 1. The number of anilines is 3. The summed E-state index contributed by atoms with van der Waals surface area (Å²) in [5, 5.41) is 17.3. The largest absolute Gasteiger partial charge is 0.326 e. The lowest BCUT2D eigenvalue weighted by Crippen LogP contribution is -2.38. The number of benzene rings is 3. The number of fused-ring (bicyclic) bond motifs is 2. The highest BCUT2D eigenvalue weighted by atomic mass is 16.2. The van der Waals surface area contributed by atoms with Crippen molar-refractivity contribution >= 4 is 34.1 Å². The summed E-state index contributed by atoms with van der Waals surface area (Å²) in [5.41, 5.74) is 1.37. The maximum absolute atomic E-state index is 13.2. The molecule has 0 saturated carbocycles. The normalized spacial score (nSPS) is 17.5. The van der Waals surface area contributed by atoms with Gasteiger partial charge in [0.05, 0.1) is 11.6 Å². The van der Waals surface area contributed by atoms with Crippen LogP contribution in [0.1, 0.15) is 17.0 Å². The highest BCUT2D eigenvalue weighted by Crippen LogP contribution is 2.40. The molecule has 0 saturated heterocycles. The molecule has 31 heavy (non-hydrogen) atoms. The molecule has 1 aromatic heterocycles. The molecule has 2 heterocycles. The van der Waals surface area contributed by atoms with Crippen molar-refractivity contribution < 1.29 is 4.79 Å². The Kier molecular flexibility index (Phi) is 4.45. The summed E-state index contributed by atoms with van der Waals surface area (Å²) in [5.74, 6) is -1.88. The van der Waals surface area contributed by atoms with Gasteiger partial charge in [0, 0.05) is 11.6 Å². The van der Waals surface area contributed by atoms with Gasteiger partial charge < -0.3 is 10.6 Å². The van der Waals surface area contributed by atoms with Crippen molar-refractivity contribution in [2.75, 3.05) is 10.6 Å². The quantitative estimate of drug-likeness (QED) is 0.477. The molecule has 0 radical (unpaired) electrons. The van der Waals surface area contributed by atoms with Crippen molar-refractivity contribution in [2.45, 2.75) is 5.92 Å². The molecule has 150 valence electrons. The summed E-state index contributed by atoms with van der Waals surface area (Å²) in [6.45, 7) is 0. The van der Waals surface area contributed by atoms with Crippen molar-refractivity contribution in [3.8, 4) is 6.07 Å². The van der Waals surface area contributed by atoms with E-state index in [9.17, 15) is 14.9 Å². The number of nitrogens with zero attached hydrogens (tertiary/aromatic N) is 2. The van der Waals surface area contributed by atoms with Crippen LogP contribution in [0.3, 0.4) is 0 Å². The van der Waals surface area contributed by atoms with Crippen molar-refractivity contribution in [1.82, 2.24) is 9.97 Å². The van der Waals surface area contributed by atoms with E-state index in [1.165, 1.54) is 0 Å². The van der Waals surface area contributed by atoms with Crippen molar-refractivity contribution in [3.63, 3.8) is 0 Å². The minimum Gasteiger partial charge on any atom is -0.326 e. The molecule has 3 N–H and O–H groups in total. The molecule has 5 rings (SSSR count). The zero-order chi connectivity index (χ0) is 21.4. The summed E-state index contributed by atoms with van der Waals surface area (Å²) in [7, 11) is 0. The summed E-state index contributed by atoms with van der Waals surface area (Å²) < 4.78 is 0. The Hall–Kier alpha value is -4.44. The van der Waals surface area contributed by atoms with Crippen molar-refractivity contribution in [2.24, 2.45) is 5.92 Å². The molecule has 7 nitrogen and oxygen atoms in total. The molecule has 3 aromatic carbocycles. The van der Waals surface area contributed by atoms with Gasteiger partial charge in [-0.15, -0.1) is 0 Å². The van der Waals surface area contributed by atoms with E-state index in [1.54, 1.807) is 0 Å². The van der Waals surface area contributed by atoms with Gasteiger partial charge in [0.15, 0.2) is 0 Å². The third-order valence-corrected chi connectivity index (χ3v) is 5.46. The Bertz CT molecular complexity index is 1400. The molecule has 0 spiro atoms. The van der Waals surface area contributed by atoms with Gasteiger partial charge in [0.1, 0.15) is 11.7 Å². The number of hydrogen-bond donors (Lipinski definition) is 3. The Morgan fingerprint density at radius 2 is 1.68 bits per heavy atom. The second-order valence-corrected chi connectivity index (χ2v) is 7.31. The zero-order valence-corrected chi connectivity index (χ0v) is 16.3. The SMILES string of the molecule is N#C[C@H]1C(=O)Nc2nc(Nc3ccccc3)[nH]c(=O)c2[C@H]1c1cccc2ccccc12. The average Bonchev–Trinajstić information content (AvgIpc) is 2.78. The lowest BCUT2D eigenvalue weighted by Gasteiger charge is -2.29. The fourth-order valence-corrected chi connectivity index (χ4v) is 4.09. The van der Waals surface area contributed by atoms with Gasteiger partial charge in [-0.25, -0.2) is 0 Å². The van der Waals surface area contributed by atoms with Crippen LogP contribution in [0, 0.1) is 17.2 Å². The van der Waals surface area contributed by atoms with Gasteiger partial charge in [-0.2, -0.15) is 10.2 Å². The molecular formula is C24H17N5O2. The number of nitriles is 1. The van der Waals surface area contributed by atoms with Gasteiger partial charge in [0.25, 0.3) is 5.56 Å². The van der Waals surface area contributed by atoms with E-state index in [-0.39, 0.29) is 17.3 Å². The fourth-order valence-electron chi connectivity index (χ4n) is 4.09. The van der Waals surface area contributed by atoms with Crippen LogP contribution in [0.5, 0.6) is 0 Å². The van der Waals surface area contributed by atoms with Crippen LogP contribution in [-0.2, 0) is 4.79 Å². The number of amides is 1. The summed E-state index contributed by atoms with van der Waals surface area (Å²) >= 11 is 0. The first-order valence-electron chi connectivity index (χ1n) is 9.80. The number of nitrogens with one attached hydrogen (secondary N) is 3. The molecule has 2 atom stereocenters. The van der Waals surface area contributed by atoms with E-state index in [2.05, 4.69) is 26.7 Å². The lowest BCUT2D eigenvalue weighted by molar-refractivity contribution is -0.119. The molecule has 1 aliphatic heterocycles. The Morgan fingerprint density at radius 1 is 0.935 bits per heavy atom. The van der Waals surface area contributed by atoms with E-state index in [0.29, 0.717) is 0 Å². The molecule has 1 aliphatic rings. The van der Waals surface area contributed by atoms with Crippen LogP contribution in [0.4, 0.5) is 17.5 Å². The van der Waals surface area contributed by atoms with E-state index in [0.717, 1.165) is 22.0 Å². The van der Waals surface area contributed by atoms with Gasteiger partial charge >= 0.3 is 0 Å². The third-order valence-electron chi connectivity index (χ3n) is 5.46. The molecule has 0 aliphatic carbocycles. The summed E-state index contributed by atoms with van der Waals surface area (Å²) in [6.07, 6.45) is 0. The summed E-state index contributed by atoms with van der Waals surface area (Å²) in [6, 6.07) is 24.7. The van der Waals surface area contributed by atoms with Crippen LogP contribution in [0.25, 0.3) is 10.8 Å². The number of carbonyl (C=O) groups excluding carboxylic acids is 1. The maximum Gasteiger partial charge on any atom is 0.258 e. The predicted molar refractivity (Wildman–Crippen MR) is 118 cm³/mol. The molecule has 1 amide bonds. The molecule has 0 bridgehead atoms. The van der Waals surface area contributed by atoms with Crippen LogP contribution < -0.4 is 16.2 Å². The second kappa shape index (κ2) is 7.43. The van der Waals surface area contributed by atoms with Crippen LogP contribution in [-0.4, -0.2) is 15.9 Å². The average molecular weight is 407 g/mol. The molecular weight excluding hydrogens is 390 g/mol. The lowest BCUT2D eigenvalue weighted by atomic mass is 9.77. The van der Waals surface area contributed by atoms with Crippen LogP contribution in [0.2, 0.25) is 0 Å². The second-order valence-electron chi connectivity index (χ2n) is 7.31. The Balaban J connectivity index is 1.69. The predicted octanol–water partition coefficient (Wildman–Crippen LogP) is 3.89. The highest BCUT2D eigenvalue weighted by Gasteiger charge is 2.40. The topological polar surface area (TPSA) is 111 Å². The number of para-hydroxylation sites is 1. The number of aromatic nitrogens is 2. The number of rotatable bonds is 3. The van der Waals surface area contributed by atoms with E-state index in [1.807, 2.05) is 72.8 Å². The third kappa shape index (κ3) is 3.20. The number of hydrogen-bond acceptors (Lipinski definition) is 5. The summed E-state index contributed by atoms with van der Waals surface area (Å²) in [4.78, 5) is 33.1. The Labute approximate surface area is 177 Å². The first-order chi connectivity index (χ1) is 15.2. The zero-order valence-electron chi connectivity index (χ0n) is 16.3. The van der Waals surface area contributed by atoms with Gasteiger partial charge in [-0.1, -0.05) is 60.7 Å². The number of aromatic amines is 1. The molecule has 7 heteroatoms. The smallest absolute Gasteiger partial charge is 0.258 e. The van der Waals surface area contributed by atoms with E-state index >= 15 is 0 Å². The van der Waals surface area contributed by atoms with Gasteiger partial charge in [-0.3, -0.25) is 14.6 Å². The van der Waals surface area contributed by atoms with E-state index in [4.69, 9.17) is 0 Å². The first-order valence-corrected chi connectivity index (χ1v) is 9.80. The first kappa shape index (κ1) is 18.6.